The second kappa shape index (κ2) is 12.1. The van der Waals surface area contributed by atoms with Crippen molar-refractivity contribution >= 4 is 17.8 Å². The Hall–Kier alpha value is -2.71. The molecule has 0 aliphatic carbocycles. The SMILES string of the molecule is C=CCC(CC(=O)N1CCCC1CO)C(=O)NC(CO)C(=O)OCc1ccccc1. The van der Waals surface area contributed by atoms with Crippen molar-refractivity contribution in [1.82, 2.24) is 10.2 Å². The first-order valence-corrected chi connectivity index (χ1v) is 10.1. The Balaban J connectivity index is 1.93. The zero-order valence-corrected chi connectivity index (χ0v) is 17.0. The molecule has 3 N–H and O–H groups in total. The van der Waals surface area contributed by atoms with E-state index in [1.54, 1.807) is 17.0 Å². The summed E-state index contributed by atoms with van der Waals surface area (Å²) < 4.78 is 5.18. The van der Waals surface area contributed by atoms with Crippen molar-refractivity contribution in [2.75, 3.05) is 19.8 Å². The molecule has 1 aromatic rings. The predicted octanol–water partition coefficient (Wildman–Crippen LogP) is 0.773. The van der Waals surface area contributed by atoms with Crippen molar-refractivity contribution in [3.8, 4) is 0 Å². The molecule has 2 rings (SSSR count). The number of hydrogen-bond donors (Lipinski definition) is 3. The van der Waals surface area contributed by atoms with Crippen LogP contribution in [0.2, 0.25) is 0 Å². The van der Waals surface area contributed by atoms with E-state index in [0.717, 1.165) is 18.4 Å². The lowest BCUT2D eigenvalue weighted by Gasteiger charge is -2.25. The van der Waals surface area contributed by atoms with Crippen LogP contribution >= 0.6 is 0 Å². The van der Waals surface area contributed by atoms with Crippen LogP contribution in [0.25, 0.3) is 0 Å². The zero-order valence-electron chi connectivity index (χ0n) is 17.0. The van der Waals surface area contributed by atoms with Gasteiger partial charge in [-0.2, -0.15) is 0 Å². The maximum Gasteiger partial charge on any atom is 0.331 e. The third-order valence-corrected chi connectivity index (χ3v) is 5.16. The number of nitrogens with one attached hydrogen (secondary N) is 1. The van der Waals surface area contributed by atoms with Crippen molar-refractivity contribution in [1.29, 1.82) is 0 Å². The molecule has 8 heteroatoms. The van der Waals surface area contributed by atoms with Gasteiger partial charge in [-0.25, -0.2) is 4.79 Å². The van der Waals surface area contributed by atoms with E-state index >= 15 is 0 Å². The number of carbonyl (C=O) groups is 3. The molecule has 1 saturated heterocycles. The molecule has 1 aliphatic heterocycles. The van der Waals surface area contributed by atoms with Crippen LogP contribution < -0.4 is 5.32 Å². The zero-order chi connectivity index (χ0) is 21.9. The lowest BCUT2D eigenvalue weighted by molar-refractivity contribution is -0.150. The van der Waals surface area contributed by atoms with Gasteiger partial charge in [0.05, 0.1) is 25.2 Å². The van der Waals surface area contributed by atoms with Crippen molar-refractivity contribution in [2.24, 2.45) is 5.92 Å². The smallest absolute Gasteiger partial charge is 0.331 e. The molecule has 1 heterocycles. The van der Waals surface area contributed by atoms with E-state index in [1.807, 2.05) is 18.2 Å². The number of aliphatic hydroxyl groups excluding tert-OH is 2. The van der Waals surface area contributed by atoms with Gasteiger partial charge in [-0.1, -0.05) is 36.4 Å². The summed E-state index contributed by atoms with van der Waals surface area (Å²) in [6.45, 7) is 3.48. The van der Waals surface area contributed by atoms with E-state index in [9.17, 15) is 24.6 Å². The molecule has 164 valence electrons. The van der Waals surface area contributed by atoms with Gasteiger partial charge in [0, 0.05) is 13.0 Å². The lowest BCUT2D eigenvalue weighted by atomic mass is 9.98. The molecular formula is C22H30N2O6. The van der Waals surface area contributed by atoms with Crippen LogP contribution in [0.3, 0.4) is 0 Å². The molecule has 1 aromatic carbocycles. The summed E-state index contributed by atoms with van der Waals surface area (Å²) in [5.74, 6) is -2.23. The number of esters is 1. The fourth-order valence-corrected chi connectivity index (χ4v) is 3.46. The first-order chi connectivity index (χ1) is 14.5. The normalized spacial score (nSPS) is 17.8. The highest BCUT2D eigenvalue weighted by Crippen LogP contribution is 2.21. The highest BCUT2D eigenvalue weighted by atomic mass is 16.5. The van der Waals surface area contributed by atoms with Gasteiger partial charge >= 0.3 is 5.97 Å². The molecule has 3 unspecified atom stereocenters. The lowest BCUT2D eigenvalue weighted by Crippen LogP contribution is -2.47. The Morgan fingerprint density at radius 2 is 2.00 bits per heavy atom. The highest BCUT2D eigenvalue weighted by molar-refractivity contribution is 5.89. The second-order valence-corrected chi connectivity index (χ2v) is 7.33. The number of benzene rings is 1. The maximum absolute atomic E-state index is 12.7. The van der Waals surface area contributed by atoms with Crippen LogP contribution in [-0.4, -0.2) is 64.7 Å². The molecule has 2 amide bonds. The van der Waals surface area contributed by atoms with Gasteiger partial charge in [0.25, 0.3) is 0 Å². The minimum absolute atomic E-state index is 0.0259. The average molecular weight is 418 g/mol. The van der Waals surface area contributed by atoms with Crippen LogP contribution in [-0.2, 0) is 25.7 Å². The van der Waals surface area contributed by atoms with E-state index in [2.05, 4.69) is 11.9 Å². The minimum atomic E-state index is -1.22. The van der Waals surface area contributed by atoms with Gasteiger partial charge < -0.3 is 25.2 Å². The van der Waals surface area contributed by atoms with Gasteiger partial charge in [-0.15, -0.1) is 6.58 Å². The third-order valence-electron chi connectivity index (χ3n) is 5.16. The van der Waals surface area contributed by atoms with E-state index < -0.39 is 30.4 Å². The molecule has 1 aliphatic rings. The van der Waals surface area contributed by atoms with Crippen LogP contribution in [0.5, 0.6) is 0 Å². The number of ether oxygens (including phenoxy) is 1. The fourth-order valence-electron chi connectivity index (χ4n) is 3.46. The Labute approximate surface area is 176 Å². The van der Waals surface area contributed by atoms with Crippen molar-refractivity contribution in [2.45, 2.75) is 44.4 Å². The van der Waals surface area contributed by atoms with E-state index in [-0.39, 0.29) is 38.0 Å². The molecule has 1 fully saturated rings. The topological polar surface area (TPSA) is 116 Å². The Kier molecular flexibility index (Phi) is 9.50. The molecule has 30 heavy (non-hydrogen) atoms. The Bertz CT molecular complexity index is 724. The summed E-state index contributed by atoms with van der Waals surface area (Å²) in [6.07, 6.45) is 3.26. The minimum Gasteiger partial charge on any atom is -0.459 e. The number of aliphatic hydroxyl groups is 2. The number of likely N-dealkylation sites (tertiary alicyclic amines) is 1. The number of nitrogens with zero attached hydrogens (tertiary/aromatic N) is 1. The van der Waals surface area contributed by atoms with Crippen LogP contribution in [0.1, 0.15) is 31.2 Å². The van der Waals surface area contributed by atoms with Gasteiger partial charge in [0.2, 0.25) is 11.8 Å². The average Bonchev–Trinajstić information content (AvgIpc) is 3.25. The number of allylic oxidation sites excluding steroid dienone is 1. The van der Waals surface area contributed by atoms with Crippen molar-refractivity contribution in [3.05, 3.63) is 48.6 Å². The maximum atomic E-state index is 12.7. The monoisotopic (exact) mass is 418 g/mol. The van der Waals surface area contributed by atoms with Crippen LogP contribution in [0, 0.1) is 5.92 Å². The summed E-state index contributed by atoms with van der Waals surface area (Å²) in [4.78, 5) is 39.2. The van der Waals surface area contributed by atoms with E-state index in [0.29, 0.717) is 6.54 Å². The second-order valence-electron chi connectivity index (χ2n) is 7.33. The third kappa shape index (κ3) is 6.67. The predicted molar refractivity (Wildman–Crippen MR) is 110 cm³/mol. The first-order valence-electron chi connectivity index (χ1n) is 10.1. The molecular weight excluding hydrogens is 388 g/mol. The molecule has 0 radical (unpaired) electrons. The fraction of sp³-hybridized carbons (Fsp3) is 0.500. The summed E-state index contributed by atoms with van der Waals surface area (Å²) in [7, 11) is 0. The molecule has 3 atom stereocenters. The van der Waals surface area contributed by atoms with Crippen LogP contribution in [0.15, 0.2) is 43.0 Å². The van der Waals surface area contributed by atoms with Gasteiger partial charge in [0.15, 0.2) is 6.04 Å². The van der Waals surface area contributed by atoms with Crippen LogP contribution in [0.4, 0.5) is 0 Å². The number of hydrogen-bond acceptors (Lipinski definition) is 6. The Morgan fingerprint density at radius 1 is 1.27 bits per heavy atom. The molecule has 0 aromatic heterocycles. The summed E-state index contributed by atoms with van der Waals surface area (Å²) >= 11 is 0. The first kappa shape index (κ1) is 23.6. The molecule has 0 spiro atoms. The number of carbonyl (C=O) groups excluding carboxylic acids is 3. The Morgan fingerprint density at radius 3 is 2.63 bits per heavy atom. The van der Waals surface area contributed by atoms with Gasteiger partial charge in [0.1, 0.15) is 6.61 Å². The van der Waals surface area contributed by atoms with Gasteiger partial charge in [-0.3, -0.25) is 9.59 Å². The van der Waals surface area contributed by atoms with Crippen molar-refractivity contribution in [3.63, 3.8) is 0 Å². The highest BCUT2D eigenvalue weighted by Gasteiger charge is 2.32. The van der Waals surface area contributed by atoms with Gasteiger partial charge in [-0.05, 0) is 24.8 Å². The summed E-state index contributed by atoms with van der Waals surface area (Å²) in [5.41, 5.74) is 0.785. The quantitative estimate of drug-likeness (QED) is 0.361. The number of rotatable bonds is 11. The standard InChI is InChI=1S/C22H30N2O6/c1-2-7-17(12-20(27)24-11-6-10-18(24)13-25)21(28)23-19(14-26)22(29)30-15-16-8-4-3-5-9-16/h2-5,8-9,17-19,25-26H,1,6-7,10-15H2,(H,23,28). The van der Waals surface area contributed by atoms with E-state index in [4.69, 9.17) is 4.74 Å². The summed E-state index contributed by atoms with van der Waals surface area (Å²) in [5, 5.41) is 21.4. The largest absolute Gasteiger partial charge is 0.459 e. The van der Waals surface area contributed by atoms with Crippen molar-refractivity contribution < 1.29 is 29.3 Å². The molecule has 0 bridgehead atoms. The van der Waals surface area contributed by atoms with E-state index in [1.165, 1.54) is 6.08 Å². The summed E-state index contributed by atoms with van der Waals surface area (Å²) in [6, 6.07) is 7.62. The molecule has 8 nitrogen and oxygen atoms in total. The number of amides is 2. The molecule has 0 saturated carbocycles.